The maximum Gasteiger partial charge on any atom is 0.340 e. The first-order valence-corrected chi connectivity index (χ1v) is 10.3. The fourth-order valence-electron chi connectivity index (χ4n) is 4.39. The lowest BCUT2D eigenvalue weighted by Crippen LogP contribution is -2.33. The van der Waals surface area contributed by atoms with Crippen molar-refractivity contribution in [2.45, 2.75) is 31.6 Å². The van der Waals surface area contributed by atoms with Crippen molar-refractivity contribution < 1.29 is 23.8 Å². The number of hydrogen-bond acceptors (Lipinski definition) is 6. The van der Waals surface area contributed by atoms with Gasteiger partial charge in [-0.1, -0.05) is 48.5 Å². The molecule has 0 unspecified atom stereocenters. The van der Waals surface area contributed by atoms with Crippen LogP contribution in [-0.4, -0.2) is 25.5 Å². The Bertz CT molecular complexity index is 1070. The first-order valence-electron chi connectivity index (χ1n) is 10.3. The van der Waals surface area contributed by atoms with Gasteiger partial charge < -0.3 is 19.9 Å². The molecule has 0 fully saturated rings. The molecule has 2 aliphatic rings. The lowest BCUT2D eigenvalue weighted by molar-refractivity contribution is -0.139. The number of carbonyl (C=O) groups is 2. The lowest BCUT2D eigenvalue weighted by atomic mass is 9.73. The zero-order valence-electron chi connectivity index (χ0n) is 17.6. The van der Waals surface area contributed by atoms with Crippen LogP contribution in [0.15, 0.2) is 77.4 Å². The predicted molar refractivity (Wildman–Crippen MR) is 115 cm³/mol. The fraction of sp³-hybridized carbons (Fsp3) is 0.280. The summed E-state index contributed by atoms with van der Waals surface area (Å²) in [5.74, 6) is -0.346. The molecule has 0 amide bonds. The van der Waals surface area contributed by atoms with E-state index < -0.39 is 11.9 Å². The van der Waals surface area contributed by atoms with Gasteiger partial charge in [0.05, 0.1) is 19.6 Å². The number of Topliss-reactive ketones (excluding diaryl/α,β-unsaturated/α-hetero) is 1. The van der Waals surface area contributed by atoms with E-state index >= 15 is 0 Å². The monoisotopic (exact) mass is 419 g/mol. The highest BCUT2D eigenvalue weighted by atomic mass is 16.5. The Morgan fingerprint density at radius 1 is 1.10 bits per heavy atom. The van der Waals surface area contributed by atoms with E-state index in [1.54, 1.807) is 20.1 Å². The number of carbonyl (C=O) groups excluding carboxylic acids is 2. The summed E-state index contributed by atoms with van der Waals surface area (Å²) in [7, 11) is 1.55. The molecule has 2 N–H and O–H groups in total. The Labute approximate surface area is 181 Å². The summed E-state index contributed by atoms with van der Waals surface area (Å²) >= 11 is 0. The van der Waals surface area contributed by atoms with Crippen LogP contribution in [-0.2, 0) is 19.1 Å². The Kier molecular flexibility index (Phi) is 5.80. The highest BCUT2D eigenvalue weighted by Gasteiger charge is 2.44. The number of ether oxygens (including phenoxy) is 3. The molecule has 0 bridgehead atoms. The zero-order valence-corrected chi connectivity index (χ0v) is 17.6. The predicted octanol–water partition coefficient (Wildman–Crippen LogP) is 3.94. The summed E-state index contributed by atoms with van der Waals surface area (Å²) in [4.78, 5) is 26.3. The number of para-hydroxylation sites is 1. The molecule has 0 spiro atoms. The van der Waals surface area contributed by atoms with Crippen molar-refractivity contribution in [2.24, 2.45) is 5.73 Å². The van der Waals surface area contributed by atoms with Crippen molar-refractivity contribution in [3.8, 4) is 5.75 Å². The van der Waals surface area contributed by atoms with Gasteiger partial charge in [-0.2, -0.15) is 0 Å². The number of benzene rings is 2. The molecule has 6 heteroatoms. The normalized spacial score (nSPS) is 20.8. The van der Waals surface area contributed by atoms with Crippen molar-refractivity contribution in [1.29, 1.82) is 0 Å². The molecule has 0 saturated heterocycles. The van der Waals surface area contributed by atoms with E-state index in [1.165, 1.54) is 0 Å². The second kappa shape index (κ2) is 8.68. The van der Waals surface area contributed by atoms with E-state index in [1.807, 2.05) is 48.5 Å². The first-order chi connectivity index (χ1) is 15.0. The van der Waals surface area contributed by atoms with Gasteiger partial charge in [0.1, 0.15) is 17.1 Å². The fourth-order valence-corrected chi connectivity index (χ4v) is 4.39. The van der Waals surface area contributed by atoms with Crippen LogP contribution in [0.25, 0.3) is 0 Å². The second-order valence-corrected chi connectivity index (χ2v) is 7.55. The third-order valence-corrected chi connectivity index (χ3v) is 5.76. The minimum absolute atomic E-state index is 0.0114. The number of nitrogens with two attached hydrogens (primary N) is 1. The molecule has 2 aromatic rings. The van der Waals surface area contributed by atoms with Crippen LogP contribution in [0.4, 0.5) is 0 Å². The summed E-state index contributed by atoms with van der Waals surface area (Å²) in [6.45, 7) is 1.90. The lowest BCUT2D eigenvalue weighted by Gasteiger charge is -2.35. The summed E-state index contributed by atoms with van der Waals surface area (Å²) in [5.41, 5.74) is 8.57. The summed E-state index contributed by atoms with van der Waals surface area (Å²) in [6.07, 6.45) is 0.849. The van der Waals surface area contributed by atoms with Crippen molar-refractivity contribution in [3.63, 3.8) is 0 Å². The topological polar surface area (TPSA) is 87.9 Å². The smallest absolute Gasteiger partial charge is 0.340 e. The number of esters is 1. The quantitative estimate of drug-likeness (QED) is 0.739. The van der Waals surface area contributed by atoms with Crippen molar-refractivity contribution in [1.82, 2.24) is 0 Å². The van der Waals surface area contributed by atoms with E-state index in [4.69, 9.17) is 19.9 Å². The number of rotatable bonds is 5. The van der Waals surface area contributed by atoms with Crippen LogP contribution in [0.2, 0.25) is 0 Å². The van der Waals surface area contributed by atoms with Crippen LogP contribution in [0.1, 0.15) is 42.7 Å². The van der Waals surface area contributed by atoms with Gasteiger partial charge in [0.2, 0.25) is 5.88 Å². The van der Waals surface area contributed by atoms with E-state index in [-0.39, 0.29) is 29.8 Å². The van der Waals surface area contributed by atoms with E-state index in [0.29, 0.717) is 35.5 Å². The van der Waals surface area contributed by atoms with Crippen LogP contribution in [0.3, 0.4) is 0 Å². The molecule has 6 nitrogen and oxygen atoms in total. The van der Waals surface area contributed by atoms with Gasteiger partial charge in [0, 0.05) is 24.0 Å². The van der Waals surface area contributed by atoms with Crippen molar-refractivity contribution in [3.05, 3.63) is 88.5 Å². The van der Waals surface area contributed by atoms with Crippen LogP contribution < -0.4 is 10.5 Å². The largest absolute Gasteiger partial charge is 0.496 e. The number of ketones is 1. The van der Waals surface area contributed by atoms with Crippen LogP contribution in [0.5, 0.6) is 5.75 Å². The highest BCUT2D eigenvalue weighted by molar-refractivity contribution is 6.04. The van der Waals surface area contributed by atoms with Crippen molar-refractivity contribution in [2.75, 3.05) is 13.7 Å². The molecule has 1 aliphatic carbocycles. The molecule has 0 saturated carbocycles. The molecule has 1 heterocycles. The number of allylic oxidation sites excluding steroid dienone is 2. The number of hydrogen-bond donors (Lipinski definition) is 1. The molecular formula is C25H25NO5. The molecule has 4 rings (SSSR count). The molecule has 31 heavy (non-hydrogen) atoms. The van der Waals surface area contributed by atoms with Gasteiger partial charge in [0.25, 0.3) is 0 Å². The average Bonchev–Trinajstić information content (AvgIpc) is 2.78. The Morgan fingerprint density at radius 3 is 2.52 bits per heavy atom. The zero-order chi connectivity index (χ0) is 22.0. The Balaban J connectivity index is 1.84. The standard InChI is InChI=1S/C25H25NO5/c1-3-30-25(28)23-21(17-11-7-8-12-19(17)29-2)22-18(27)13-16(14-20(22)31-24(23)26)15-9-5-4-6-10-15/h4-12,16,21H,3,13-14,26H2,1-2H3/t16-,21+/m0/s1. The van der Waals surface area contributed by atoms with Gasteiger partial charge in [0.15, 0.2) is 5.78 Å². The summed E-state index contributed by atoms with van der Waals surface area (Å²) in [6, 6.07) is 17.2. The van der Waals surface area contributed by atoms with Crippen molar-refractivity contribution >= 4 is 11.8 Å². The first kappa shape index (κ1) is 20.7. The van der Waals surface area contributed by atoms with Gasteiger partial charge in [-0.05, 0) is 24.5 Å². The van der Waals surface area contributed by atoms with Gasteiger partial charge in [-0.25, -0.2) is 4.79 Å². The SMILES string of the molecule is CCOC(=O)C1=C(N)OC2=C(C(=O)C[C@H](c3ccccc3)C2)[C@H]1c1ccccc1OC. The molecule has 0 radical (unpaired) electrons. The third kappa shape index (κ3) is 3.81. The Morgan fingerprint density at radius 2 is 1.81 bits per heavy atom. The van der Waals surface area contributed by atoms with E-state index in [9.17, 15) is 9.59 Å². The summed E-state index contributed by atoms with van der Waals surface area (Å²) in [5, 5.41) is 0. The maximum atomic E-state index is 13.4. The molecule has 1 aliphatic heterocycles. The van der Waals surface area contributed by atoms with E-state index in [2.05, 4.69) is 0 Å². The minimum atomic E-state index is -0.705. The highest BCUT2D eigenvalue weighted by Crippen LogP contribution is 2.48. The van der Waals surface area contributed by atoms with Gasteiger partial charge >= 0.3 is 5.97 Å². The molecule has 2 aromatic carbocycles. The third-order valence-electron chi connectivity index (χ3n) is 5.76. The molecule has 2 atom stereocenters. The second-order valence-electron chi connectivity index (χ2n) is 7.55. The van der Waals surface area contributed by atoms with Crippen LogP contribution in [0, 0.1) is 0 Å². The van der Waals surface area contributed by atoms with Crippen LogP contribution >= 0.6 is 0 Å². The molecular weight excluding hydrogens is 394 g/mol. The average molecular weight is 419 g/mol. The summed E-state index contributed by atoms with van der Waals surface area (Å²) < 4.78 is 16.7. The van der Waals surface area contributed by atoms with Gasteiger partial charge in [-0.3, -0.25) is 4.79 Å². The Hall–Kier alpha value is -3.54. The molecule has 160 valence electrons. The number of methoxy groups -OCH3 is 1. The van der Waals surface area contributed by atoms with E-state index in [0.717, 1.165) is 5.56 Å². The maximum absolute atomic E-state index is 13.4. The minimum Gasteiger partial charge on any atom is -0.496 e. The van der Waals surface area contributed by atoms with Gasteiger partial charge in [-0.15, -0.1) is 0 Å². The molecule has 0 aromatic heterocycles.